The van der Waals surface area contributed by atoms with E-state index in [1.165, 1.54) is 11.5 Å². The van der Waals surface area contributed by atoms with Crippen LogP contribution in [0.4, 0.5) is 0 Å². The quantitative estimate of drug-likeness (QED) is 0.209. The average Bonchev–Trinajstić information content (AvgIpc) is 2.47. The Morgan fingerprint density at radius 2 is 1.09 bits per heavy atom. The van der Waals surface area contributed by atoms with Crippen molar-refractivity contribution in [1.29, 1.82) is 0 Å². The Labute approximate surface area is 159 Å². The van der Waals surface area contributed by atoms with Crippen molar-refractivity contribution in [2.75, 3.05) is 49.7 Å². The van der Waals surface area contributed by atoms with Crippen molar-refractivity contribution in [3.63, 3.8) is 0 Å². The van der Waals surface area contributed by atoms with Gasteiger partial charge < -0.3 is 9.47 Å². The molecule has 0 aliphatic carbocycles. The second-order valence-electron chi connectivity index (χ2n) is 4.89. The third kappa shape index (κ3) is 13.3. The van der Waals surface area contributed by atoms with Gasteiger partial charge in [-0.15, -0.1) is 0 Å². The molecule has 8 heteroatoms. The van der Waals surface area contributed by atoms with Crippen molar-refractivity contribution in [1.82, 2.24) is 0 Å². The lowest BCUT2D eigenvalue weighted by atomic mass is 10.5. The first-order chi connectivity index (χ1) is 10.5. The molecule has 0 radical (unpaired) electrons. The predicted octanol–water partition coefficient (Wildman–Crippen LogP) is 4.93. The highest BCUT2D eigenvalue weighted by molar-refractivity contribution is 9.26. The van der Waals surface area contributed by atoms with E-state index in [-0.39, 0.29) is 0 Å². The summed E-state index contributed by atoms with van der Waals surface area (Å²) in [6.07, 6.45) is 11.4. The molecule has 0 spiro atoms. The normalized spacial score (nSPS) is 14.7. The summed E-state index contributed by atoms with van der Waals surface area (Å²) in [4.78, 5) is 0. The van der Waals surface area contributed by atoms with E-state index in [0.717, 1.165) is 26.1 Å². The zero-order chi connectivity index (χ0) is 16.8. The van der Waals surface area contributed by atoms with E-state index in [4.69, 9.17) is 9.47 Å². The molecule has 0 aromatic rings. The van der Waals surface area contributed by atoms with Gasteiger partial charge in [-0.3, -0.25) is 0 Å². The minimum Gasteiger partial charge on any atom is -0.334 e. The van der Waals surface area contributed by atoms with Crippen LogP contribution in [0.3, 0.4) is 0 Å². The Morgan fingerprint density at radius 3 is 1.36 bits per heavy atom. The van der Waals surface area contributed by atoms with E-state index in [1.54, 1.807) is 0 Å². The zero-order valence-corrected chi connectivity index (χ0v) is 19.6. The Morgan fingerprint density at radius 1 is 0.727 bits per heavy atom. The fraction of sp³-hybridized carbons (Fsp3) is 1.00. The highest BCUT2D eigenvalue weighted by Gasteiger charge is 2.22. The minimum atomic E-state index is 0.355. The molecule has 0 aliphatic heterocycles. The number of rotatable bonds is 15. The Kier molecular flexibility index (Phi) is 18.0. The van der Waals surface area contributed by atoms with Crippen LogP contribution in [0.15, 0.2) is 0 Å². The highest BCUT2D eigenvalue weighted by atomic mass is 33.7. The fourth-order valence-corrected chi connectivity index (χ4v) is 10.1. The molecule has 0 aliphatic rings. The topological polar surface area (TPSA) is 18.5 Å². The molecule has 2 unspecified atom stereocenters. The molecular formula is C14H32O2S6+2. The van der Waals surface area contributed by atoms with Crippen LogP contribution in [0, 0.1) is 0 Å². The maximum absolute atomic E-state index is 5.78. The number of hydrogen-bond acceptors (Lipinski definition) is 6. The third-order valence-corrected chi connectivity index (χ3v) is 12.1. The van der Waals surface area contributed by atoms with E-state index < -0.39 is 0 Å². The lowest BCUT2D eigenvalue weighted by Gasteiger charge is -2.13. The van der Waals surface area contributed by atoms with E-state index >= 15 is 0 Å². The molecule has 0 heterocycles. The molecule has 0 amide bonds. The molecule has 0 rings (SSSR count). The lowest BCUT2D eigenvalue weighted by Crippen LogP contribution is -2.23. The van der Waals surface area contributed by atoms with Crippen LogP contribution in [-0.2, 0) is 31.3 Å². The van der Waals surface area contributed by atoms with Gasteiger partial charge in [-0.2, -0.15) is 0 Å². The smallest absolute Gasteiger partial charge is 0.218 e. The summed E-state index contributed by atoms with van der Waals surface area (Å²) in [5, 5.41) is 0. The SMILES string of the molecule is CCOC(CCSSSSCCC(OCC)[S+](C)C)[S+](C)C. The van der Waals surface area contributed by atoms with Crippen LogP contribution < -0.4 is 0 Å². The summed E-state index contributed by atoms with van der Waals surface area (Å²) in [5.74, 6) is 2.34. The molecule has 0 bridgehead atoms. The van der Waals surface area contributed by atoms with Crippen LogP contribution in [0.1, 0.15) is 26.7 Å². The summed E-state index contributed by atoms with van der Waals surface area (Å²) in [6.45, 7) is 5.83. The van der Waals surface area contributed by atoms with Crippen molar-refractivity contribution in [3.05, 3.63) is 0 Å². The summed E-state index contributed by atoms with van der Waals surface area (Å²) in [7, 11) is 8.42. The van der Waals surface area contributed by atoms with Gasteiger partial charge in [0.1, 0.15) is 0 Å². The summed E-state index contributed by atoms with van der Waals surface area (Å²) in [6, 6.07) is 0. The Balaban J connectivity index is 3.53. The van der Waals surface area contributed by atoms with Gasteiger partial charge in [0, 0.05) is 59.4 Å². The van der Waals surface area contributed by atoms with Crippen LogP contribution >= 0.6 is 41.2 Å². The Hall–Kier alpha value is 2.02. The van der Waals surface area contributed by atoms with Gasteiger partial charge in [0.05, 0.1) is 25.0 Å². The summed E-state index contributed by atoms with van der Waals surface area (Å²) >= 11 is 0. The maximum Gasteiger partial charge on any atom is 0.218 e. The molecule has 0 N–H and O–H groups in total. The van der Waals surface area contributed by atoms with Gasteiger partial charge in [-0.25, -0.2) is 0 Å². The van der Waals surface area contributed by atoms with Gasteiger partial charge in [0.25, 0.3) is 0 Å². The lowest BCUT2D eigenvalue weighted by molar-refractivity contribution is 0.121. The van der Waals surface area contributed by atoms with E-state index in [0.29, 0.717) is 32.7 Å². The molecule has 22 heavy (non-hydrogen) atoms. The van der Waals surface area contributed by atoms with Gasteiger partial charge in [0.2, 0.25) is 10.9 Å². The van der Waals surface area contributed by atoms with E-state index in [9.17, 15) is 0 Å². The van der Waals surface area contributed by atoms with Gasteiger partial charge >= 0.3 is 0 Å². The number of ether oxygens (including phenoxy) is 2. The van der Waals surface area contributed by atoms with Crippen molar-refractivity contribution in [2.45, 2.75) is 37.6 Å². The molecule has 2 atom stereocenters. The molecule has 0 aromatic carbocycles. The summed E-state index contributed by atoms with van der Waals surface area (Å²) in [5.41, 5.74) is 0.879. The van der Waals surface area contributed by atoms with Crippen molar-refractivity contribution in [2.24, 2.45) is 0 Å². The van der Waals surface area contributed by atoms with E-state index in [2.05, 4.69) is 38.9 Å². The first kappa shape index (κ1) is 24.0. The highest BCUT2D eigenvalue weighted by Crippen LogP contribution is 2.43. The average molecular weight is 425 g/mol. The first-order valence-electron chi connectivity index (χ1n) is 7.46. The second kappa shape index (κ2) is 16.5. The monoisotopic (exact) mass is 424 g/mol. The van der Waals surface area contributed by atoms with Crippen LogP contribution in [0.5, 0.6) is 0 Å². The molecule has 134 valence electrons. The van der Waals surface area contributed by atoms with E-state index in [1.807, 2.05) is 41.2 Å². The minimum absolute atomic E-state index is 0.355. The molecule has 0 aromatic heterocycles. The fourth-order valence-electron chi connectivity index (χ4n) is 1.68. The molecule has 0 fully saturated rings. The zero-order valence-electron chi connectivity index (χ0n) is 14.7. The van der Waals surface area contributed by atoms with Crippen molar-refractivity contribution >= 4 is 63.0 Å². The van der Waals surface area contributed by atoms with Gasteiger partial charge in [-0.1, -0.05) is 21.6 Å². The predicted molar refractivity (Wildman–Crippen MR) is 119 cm³/mol. The van der Waals surface area contributed by atoms with Crippen LogP contribution in [0.25, 0.3) is 0 Å². The van der Waals surface area contributed by atoms with Gasteiger partial charge in [0.15, 0.2) is 0 Å². The van der Waals surface area contributed by atoms with Crippen molar-refractivity contribution in [3.8, 4) is 0 Å². The molecular weight excluding hydrogens is 393 g/mol. The maximum atomic E-state index is 5.78. The number of hydrogen-bond donors (Lipinski definition) is 0. The van der Waals surface area contributed by atoms with Crippen LogP contribution in [0.2, 0.25) is 0 Å². The third-order valence-electron chi connectivity index (χ3n) is 2.75. The van der Waals surface area contributed by atoms with Crippen molar-refractivity contribution < 1.29 is 9.47 Å². The summed E-state index contributed by atoms with van der Waals surface area (Å²) < 4.78 is 11.6. The molecule has 2 nitrogen and oxygen atoms in total. The molecule has 0 saturated heterocycles. The van der Waals surface area contributed by atoms with Crippen LogP contribution in [-0.4, -0.2) is 60.6 Å². The Bertz CT molecular complexity index is 219. The standard InChI is InChI=1S/C14H32O2S6/c1-7-15-13(21(3)4)9-11-17-19-20-18-12-10-14(16-8-2)22(5)6/h13-14H,7-12H2,1-6H3/q+2. The van der Waals surface area contributed by atoms with Gasteiger partial charge in [-0.05, 0) is 33.5 Å². The molecule has 0 saturated carbocycles. The second-order valence-corrected chi connectivity index (χ2v) is 15.7. The largest absolute Gasteiger partial charge is 0.334 e. The first-order valence-corrected chi connectivity index (χ1v) is 16.8.